The molecule has 4 rings (SSSR count). The van der Waals surface area contributed by atoms with Gasteiger partial charge in [0.15, 0.2) is 0 Å². The van der Waals surface area contributed by atoms with Crippen molar-refractivity contribution in [3.63, 3.8) is 0 Å². The van der Waals surface area contributed by atoms with Gasteiger partial charge in [0.2, 0.25) is 5.91 Å². The van der Waals surface area contributed by atoms with Crippen LogP contribution in [0.3, 0.4) is 0 Å². The van der Waals surface area contributed by atoms with Gasteiger partial charge in [0.05, 0.1) is 18.1 Å². The van der Waals surface area contributed by atoms with Gasteiger partial charge in [0.1, 0.15) is 5.82 Å². The Kier molecular flexibility index (Phi) is 4.07. The smallest absolute Gasteiger partial charge is 0.228 e. The predicted octanol–water partition coefficient (Wildman–Crippen LogP) is 2.04. The molecule has 1 aromatic rings. The van der Waals surface area contributed by atoms with E-state index in [1.165, 1.54) is 6.07 Å². The Balaban J connectivity index is 1.42. The summed E-state index contributed by atoms with van der Waals surface area (Å²) in [5.74, 6) is 0.0995. The van der Waals surface area contributed by atoms with Crippen molar-refractivity contribution in [3.8, 4) is 0 Å². The van der Waals surface area contributed by atoms with Crippen LogP contribution in [-0.2, 0) is 16.1 Å². The fourth-order valence-corrected chi connectivity index (χ4v) is 4.17. The van der Waals surface area contributed by atoms with Crippen LogP contribution in [0.25, 0.3) is 0 Å². The summed E-state index contributed by atoms with van der Waals surface area (Å²) >= 11 is 0. The fraction of sp³-hybridized carbons (Fsp3) is 0.611. The summed E-state index contributed by atoms with van der Waals surface area (Å²) in [6.45, 7) is 3.88. The molecule has 3 heterocycles. The summed E-state index contributed by atoms with van der Waals surface area (Å²) in [6, 6.07) is 6.92. The quantitative estimate of drug-likeness (QED) is 0.855. The summed E-state index contributed by atoms with van der Waals surface area (Å²) in [5, 5.41) is 0. The van der Waals surface area contributed by atoms with E-state index in [0.29, 0.717) is 6.54 Å². The molecule has 0 radical (unpaired) electrons. The van der Waals surface area contributed by atoms with E-state index in [2.05, 4.69) is 4.90 Å². The Morgan fingerprint density at radius 3 is 2.78 bits per heavy atom. The average Bonchev–Trinajstić information content (AvgIpc) is 3.17. The molecule has 5 heteroatoms. The van der Waals surface area contributed by atoms with Gasteiger partial charge in [-0.25, -0.2) is 4.39 Å². The number of likely N-dealkylation sites (tertiary alicyclic amines) is 2. The number of morpholine rings is 1. The van der Waals surface area contributed by atoms with Crippen LogP contribution in [0.2, 0.25) is 0 Å². The highest BCUT2D eigenvalue weighted by Crippen LogP contribution is 2.34. The molecule has 23 heavy (non-hydrogen) atoms. The molecule has 0 aromatic heterocycles. The van der Waals surface area contributed by atoms with E-state index >= 15 is 0 Å². The SMILES string of the molecule is O=C([C@@H]1C[C@H]2CN(Cc3ccccc3F)C[C@@H]1O2)N1CCCC1. The van der Waals surface area contributed by atoms with Gasteiger partial charge in [-0.2, -0.15) is 0 Å². The Labute approximate surface area is 136 Å². The highest BCUT2D eigenvalue weighted by atomic mass is 19.1. The maximum absolute atomic E-state index is 13.8. The Hall–Kier alpha value is -1.46. The molecule has 4 nitrogen and oxygen atoms in total. The first-order valence-corrected chi connectivity index (χ1v) is 8.61. The predicted molar refractivity (Wildman–Crippen MR) is 84.3 cm³/mol. The molecule has 1 amide bonds. The van der Waals surface area contributed by atoms with E-state index in [1.807, 2.05) is 17.0 Å². The van der Waals surface area contributed by atoms with Crippen molar-refractivity contribution in [3.05, 3.63) is 35.6 Å². The molecular formula is C18H23FN2O2. The lowest BCUT2D eigenvalue weighted by atomic mass is 9.99. The standard InChI is InChI=1S/C18H23FN2O2/c19-16-6-2-1-5-13(16)10-20-11-14-9-15(17(12-20)23-14)18(22)21-7-3-4-8-21/h1-2,5-6,14-15,17H,3-4,7-12H2/t14-,15+,17-/m0/s1. The van der Waals surface area contributed by atoms with E-state index in [4.69, 9.17) is 4.74 Å². The van der Waals surface area contributed by atoms with Crippen molar-refractivity contribution < 1.29 is 13.9 Å². The second kappa shape index (κ2) is 6.21. The van der Waals surface area contributed by atoms with Crippen LogP contribution in [0, 0.1) is 11.7 Å². The number of fused-ring (bicyclic) bond motifs is 2. The second-order valence-corrected chi connectivity index (χ2v) is 6.96. The molecule has 3 aliphatic rings. The van der Waals surface area contributed by atoms with Gasteiger partial charge < -0.3 is 9.64 Å². The summed E-state index contributed by atoms with van der Waals surface area (Å²) < 4.78 is 19.9. The maximum atomic E-state index is 13.8. The molecular weight excluding hydrogens is 295 g/mol. The maximum Gasteiger partial charge on any atom is 0.228 e. The molecule has 0 aliphatic carbocycles. The van der Waals surface area contributed by atoms with Crippen LogP contribution in [0.5, 0.6) is 0 Å². The van der Waals surface area contributed by atoms with Gasteiger partial charge in [-0.15, -0.1) is 0 Å². The van der Waals surface area contributed by atoms with Crippen molar-refractivity contribution in [2.24, 2.45) is 5.92 Å². The lowest BCUT2D eigenvalue weighted by molar-refractivity contribution is -0.137. The van der Waals surface area contributed by atoms with Crippen LogP contribution in [0.15, 0.2) is 24.3 Å². The molecule has 2 bridgehead atoms. The highest BCUT2D eigenvalue weighted by Gasteiger charge is 2.46. The minimum Gasteiger partial charge on any atom is -0.371 e. The lowest BCUT2D eigenvalue weighted by Crippen LogP contribution is -2.45. The highest BCUT2D eigenvalue weighted by molar-refractivity contribution is 5.80. The van der Waals surface area contributed by atoms with Crippen molar-refractivity contribution in [1.29, 1.82) is 0 Å². The number of ether oxygens (including phenoxy) is 1. The number of amides is 1. The molecule has 3 aliphatic heterocycles. The van der Waals surface area contributed by atoms with E-state index in [0.717, 1.165) is 51.0 Å². The Morgan fingerprint density at radius 2 is 2.00 bits per heavy atom. The zero-order valence-electron chi connectivity index (χ0n) is 13.3. The van der Waals surface area contributed by atoms with Gasteiger partial charge >= 0.3 is 0 Å². The fourth-order valence-electron chi connectivity index (χ4n) is 4.17. The van der Waals surface area contributed by atoms with E-state index < -0.39 is 0 Å². The summed E-state index contributed by atoms with van der Waals surface area (Å²) in [4.78, 5) is 16.9. The summed E-state index contributed by atoms with van der Waals surface area (Å²) in [6.07, 6.45) is 3.12. The van der Waals surface area contributed by atoms with E-state index in [-0.39, 0.29) is 29.9 Å². The van der Waals surface area contributed by atoms with Gasteiger partial charge in [0, 0.05) is 38.3 Å². The number of rotatable bonds is 3. The molecule has 1 aromatic carbocycles. The number of carbonyl (C=O) groups is 1. The van der Waals surface area contributed by atoms with Crippen LogP contribution in [0.1, 0.15) is 24.8 Å². The van der Waals surface area contributed by atoms with Crippen LogP contribution in [-0.4, -0.2) is 54.1 Å². The van der Waals surface area contributed by atoms with Crippen molar-refractivity contribution in [2.45, 2.75) is 38.0 Å². The summed E-state index contributed by atoms with van der Waals surface area (Å²) in [5.41, 5.74) is 0.719. The van der Waals surface area contributed by atoms with Crippen LogP contribution >= 0.6 is 0 Å². The zero-order valence-corrected chi connectivity index (χ0v) is 13.3. The van der Waals surface area contributed by atoms with Gasteiger partial charge in [-0.1, -0.05) is 18.2 Å². The first-order valence-electron chi connectivity index (χ1n) is 8.61. The average molecular weight is 318 g/mol. The molecule has 0 unspecified atom stereocenters. The van der Waals surface area contributed by atoms with E-state index in [9.17, 15) is 9.18 Å². The topological polar surface area (TPSA) is 32.8 Å². The third-order valence-corrected chi connectivity index (χ3v) is 5.32. The Bertz CT molecular complexity index is 588. The number of carbonyl (C=O) groups excluding carboxylic acids is 1. The first-order chi connectivity index (χ1) is 11.2. The molecule has 3 saturated heterocycles. The minimum absolute atomic E-state index is 0.0104. The van der Waals surface area contributed by atoms with Crippen molar-refractivity contribution >= 4 is 5.91 Å². The first kappa shape index (κ1) is 15.1. The number of benzene rings is 1. The number of hydrogen-bond acceptors (Lipinski definition) is 3. The molecule has 0 spiro atoms. The van der Waals surface area contributed by atoms with Crippen molar-refractivity contribution in [2.75, 3.05) is 26.2 Å². The second-order valence-electron chi connectivity index (χ2n) is 6.96. The van der Waals surface area contributed by atoms with Crippen LogP contribution < -0.4 is 0 Å². The Morgan fingerprint density at radius 1 is 1.22 bits per heavy atom. The van der Waals surface area contributed by atoms with Gasteiger partial charge in [-0.3, -0.25) is 9.69 Å². The number of nitrogens with zero attached hydrogens (tertiary/aromatic N) is 2. The zero-order chi connectivity index (χ0) is 15.8. The third kappa shape index (κ3) is 3.00. The number of hydrogen-bond donors (Lipinski definition) is 0. The lowest BCUT2D eigenvalue weighted by Gasteiger charge is -2.33. The third-order valence-electron chi connectivity index (χ3n) is 5.32. The normalized spacial score (nSPS) is 30.8. The molecule has 3 atom stereocenters. The molecule has 124 valence electrons. The number of halogens is 1. The van der Waals surface area contributed by atoms with E-state index in [1.54, 1.807) is 6.07 Å². The molecule has 0 N–H and O–H groups in total. The minimum atomic E-state index is -0.156. The molecule has 3 fully saturated rings. The largest absolute Gasteiger partial charge is 0.371 e. The van der Waals surface area contributed by atoms with Gasteiger partial charge in [-0.05, 0) is 25.3 Å². The summed E-state index contributed by atoms with van der Waals surface area (Å²) in [7, 11) is 0. The van der Waals surface area contributed by atoms with Gasteiger partial charge in [0.25, 0.3) is 0 Å². The monoisotopic (exact) mass is 318 g/mol. The van der Waals surface area contributed by atoms with Crippen molar-refractivity contribution in [1.82, 2.24) is 9.80 Å². The molecule has 0 saturated carbocycles. The van der Waals surface area contributed by atoms with Crippen LogP contribution in [0.4, 0.5) is 4.39 Å².